The Morgan fingerprint density at radius 2 is 1.50 bits per heavy atom. The lowest BCUT2D eigenvalue weighted by Gasteiger charge is -2.44. The molecule has 0 amide bonds. The van der Waals surface area contributed by atoms with Crippen molar-refractivity contribution in [1.82, 2.24) is 4.90 Å². The van der Waals surface area contributed by atoms with Gasteiger partial charge in [0.25, 0.3) is 0 Å². The molecule has 7 rings (SSSR count). The Morgan fingerprint density at radius 1 is 0.812 bits per heavy atom. The molecule has 1 nitrogen and oxygen atoms in total. The van der Waals surface area contributed by atoms with Crippen LogP contribution in [0, 0.1) is 22.2 Å². The quantitative estimate of drug-likeness (QED) is 0.393. The van der Waals surface area contributed by atoms with Gasteiger partial charge in [0.1, 0.15) is 0 Å². The summed E-state index contributed by atoms with van der Waals surface area (Å²) in [6.45, 7) is 9.88. The van der Waals surface area contributed by atoms with Crippen LogP contribution in [0.2, 0.25) is 0 Å². The number of rotatable bonds is 0. The zero-order chi connectivity index (χ0) is 22.1. The lowest BCUT2D eigenvalue weighted by molar-refractivity contribution is 0.214. The molecule has 0 bridgehead atoms. The summed E-state index contributed by atoms with van der Waals surface area (Å²) in [5.74, 6) is 0.489. The fourth-order valence-electron chi connectivity index (χ4n) is 7.53. The maximum atomic E-state index is 2.67. The van der Waals surface area contributed by atoms with Gasteiger partial charge in [0.2, 0.25) is 0 Å². The largest absolute Gasteiger partial charge is 0.292 e. The normalized spacial score (nSPS) is 51.7. The van der Waals surface area contributed by atoms with Gasteiger partial charge in [-0.1, -0.05) is 93.7 Å². The lowest BCUT2D eigenvalue weighted by Crippen LogP contribution is -2.42. The van der Waals surface area contributed by atoms with Crippen molar-refractivity contribution >= 4 is 23.5 Å². The molecule has 0 N–H and O–H groups in total. The Balaban J connectivity index is 1.37. The van der Waals surface area contributed by atoms with Gasteiger partial charge in [0, 0.05) is 54.1 Å². The standard InChI is InChI=1S/C29H31NS2/c1-26-12-8-7-11-25(26)31-22-17-28(3)24(15-20(22)26)30(5)23-14-18-19-10-6-9-13-29(19,4)32-21(18)16-27(23,28)2/h6-17,19,23-25H,1-5H3. The fraction of sp³-hybridized carbons (Fsp3) is 0.448. The van der Waals surface area contributed by atoms with Crippen molar-refractivity contribution in [3.63, 3.8) is 0 Å². The van der Waals surface area contributed by atoms with Gasteiger partial charge < -0.3 is 0 Å². The van der Waals surface area contributed by atoms with Crippen molar-refractivity contribution in [2.75, 3.05) is 7.05 Å². The van der Waals surface area contributed by atoms with E-state index in [1.165, 1.54) is 9.81 Å². The number of likely N-dealkylation sites (N-methyl/N-ethyl adjacent to an activating group) is 1. The second-order valence-electron chi connectivity index (χ2n) is 11.4. The fourth-order valence-corrected chi connectivity index (χ4v) is 10.7. The zero-order valence-electron chi connectivity index (χ0n) is 19.5. The molecule has 0 saturated carbocycles. The third-order valence-electron chi connectivity index (χ3n) is 9.73. The predicted molar refractivity (Wildman–Crippen MR) is 139 cm³/mol. The van der Waals surface area contributed by atoms with Crippen molar-refractivity contribution in [2.24, 2.45) is 22.2 Å². The third kappa shape index (κ3) is 2.15. The van der Waals surface area contributed by atoms with Crippen LogP contribution in [0.25, 0.3) is 0 Å². The first-order valence-corrected chi connectivity index (χ1v) is 13.6. The summed E-state index contributed by atoms with van der Waals surface area (Å²) >= 11 is 4.16. The van der Waals surface area contributed by atoms with E-state index in [0.717, 1.165) is 0 Å². The molecule has 0 spiro atoms. The average molecular weight is 458 g/mol. The highest BCUT2D eigenvalue weighted by Crippen LogP contribution is 2.68. The molecule has 8 unspecified atom stereocenters. The average Bonchev–Trinajstić information content (AvgIpc) is 3.25. The topological polar surface area (TPSA) is 3.24 Å². The van der Waals surface area contributed by atoms with Crippen molar-refractivity contribution in [3.05, 3.63) is 93.9 Å². The molecular weight excluding hydrogens is 426 g/mol. The summed E-state index contributed by atoms with van der Waals surface area (Å²) in [7, 11) is 2.36. The number of hydrogen-bond acceptors (Lipinski definition) is 3. The van der Waals surface area contributed by atoms with Gasteiger partial charge in [0.05, 0.1) is 0 Å². The highest BCUT2D eigenvalue weighted by Gasteiger charge is 2.64. The molecule has 0 aromatic heterocycles. The van der Waals surface area contributed by atoms with E-state index in [4.69, 9.17) is 0 Å². The number of nitrogens with zero attached hydrogens (tertiary/aromatic N) is 1. The van der Waals surface area contributed by atoms with E-state index >= 15 is 0 Å². The van der Waals surface area contributed by atoms with Crippen LogP contribution in [-0.2, 0) is 0 Å². The Labute approximate surface area is 200 Å². The van der Waals surface area contributed by atoms with Gasteiger partial charge in [0.15, 0.2) is 0 Å². The number of allylic oxidation sites excluding steroid dienone is 8. The molecule has 3 aliphatic heterocycles. The van der Waals surface area contributed by atoms with Crippen LogP contribution in [0.3, 0.4) is 0 Å². The minimum absolute atomic E-state index is 0.0749. The molecule has 0 aromatic carbocycles. The minimum Gasteiger partial charge on any atom is -0.292 e. The van der Waals surface area contributed by atoms with Crippen LogP contribution >= 0.6 is 23.5 Å². The van der Waals surface area contributed by atoms with E-state index in [1.54, 1.807) is 11.1 Å². The summed E-state index contributed by atoms with van der Waals surface area (Å²) < 4.78 is 0.155. The Bertz CT molecular complexity index is 1180. The van der Waals surface area contributed by atoms with Crippen molar-refractivity contribution in [3.8, 4) is 0 Å². The first-order valence-electron chi connectivity index (χ1n) is 11.9. The van der Waals surface area contributed by atoms with E-state index < -0.39 is 0 Å². The Hall–Kier alpha value is -1.42. The van der Waals surface area contributed by atoms with Gasteiger partial charge in [-0.05, 0) is 25.1 Å². The number of fused-ring (bicyclic) bond motifs is 9. The molecule has 7 aliphatic rings. The molecule has 32 heavy (non-hydrogen) atoms. The lowest BCUT2D eigenvalue weighted by atomic mass is 9.57. The molecule has 164 valence electrons. The summed E-state index contributed by atoms with van der Waals surface area (Å²) in [5.41, 5.74) is 3.37. The van der Waals surface area contributed by atoms with Gasteiger partial charge in [-0.3, -0.25) is 4.90 Å². The molecule has 8 atom stereocenters. The SMILES string of the molecule is CN1C2C=C3C(=CC2(C)C2(C)C=C4SC5C=CC=CC5(C)C4=CC12)SC1(C)C=CC=CC31. The maximum absolute atomic E-state index is 2.67. The summed E-state index contributed by atoms with van der Waals surface area (Å²) in [6.07, 6.45) is 29.2. The molecule has 3 heterocycles. The third-order valence-corrected chi connectivity index (χ3v) is 12.6. The highest BCUT2D eigenvalue weighted by molar-refractivity contribution is 8.05. The van der Waals surface area contributed by atoms with Crippen molar-refractivity contribution in [2.45, 2.75) is 49.8 Å². The summed E-state index contributed by atoms with van der Waals surface area (Å²) in [6, 6.07) is 0.832. The first kappa shape index (κ1) is 20.0. The smallest absolute Gasteiger partial charge is 0.0464 e. The Kier molecular flexibility index (Phi) is 3.73. The number of hydrogen-bond donors (Lipinski definition) is 0. The monoisotopic (exact) mass is 457 g/mol. The van der Waals surface area contributed by atoms with Crippen LogP contribution in [0.15, 0.2) is 93.9 Å². The molecule has 3 saturated heterocycles. The van der Waals surface area contributed by atoms with Crippen LogP contribution in [0.1, 0.15) is 27.7 Å². The summed E-state index contributed by atoms with van der Waals surface area (Å²) in [4.78, 5) is 5.70. The Morgan fingerprint density at radius 3 is 2.31 bits per heavy atom. The van der Waals surface area contributed by atoms with Crippen LogP contribution in [0.5, 0.6) is 0 Å². The molecule has 0 aromatic rings. The first-order chi connectivity index (χ1) is 15.2. The summed E-state index contributed by atoms with van der Waals surface area (Å²) in [5, 5.41) is 0.518. The molecule has 3 fully saturated rings. The zero-order valence-corrected chi connectivity index (χ0v) is 21.1. The molecular formula is C29H31NS2. The number of likely N-dealkylation sites (tertiary alicyclic amines) is 1. The molecule has 0 radical (unpaired) electrons. The molecule has 4 aliphatic carbocycles. The highest BCUT2D eigenvalue weighted by atomic mass is 32.2. The molecule has 3 heteroatoms. The second kappa shape index (κ2) is 5.98. The van der Waals surface area contributed by atoms with Gasteiger partial charge in [-0.2, -0.15) is 0 Å². The van der Waals surface area contributed by atoms with E-state index in [9.17, 15) is 0 Å². The van der Waals surface area contributed by atoms with Crippen molar-refractivity contribution in [1.29, 1.82) is 0 Å². The van der Waals surface area contributed by atoms with Gasteiger partial charge in [-0.25, -0.2) is 0 Å². The second-order valence-corrected chi connectivity index (χ2v) is 14.1. The van der Waals surface area contributed by atoms with Crippen LogP contribution in [0.4, 0.5) is 0 Å². The van der Waals surface area contributed by atoms with Crippen LogP contribution < -0.4 is 0 Å². The van der Waals surface area contributed by atoms with Crippen LogP contribution in [-0.4, -0.2) is 34.0 Å². The van der Waals surface area contributed by atoms with E-state index in [1.807, 2.05) is 0 Å². The van der Waals surface area contributed by atoms with Crippen molar-refractivity contribution < 1.29 is 0 Å². The number of thioether (sulfide) groups is 2. The van der Waals surface area contributed by atoms with E-state index in [2.05, 4.69) is 136 Å². The predicted octanol–water partition coefficient (Wildman–Crippen LogP) is 6.82. The van der Waals surface area contributed by atoms with Gasteiger partial charge >= 0.3 is 0 Å². The van der Waals surface area contributed by atoms with Gasteiger partial charge in [-0.15, -0.1) is 23.5 Å². The van der Waals surface area contributed by atoms with E-state index in [0.29, 0.717) is 23.3 Å². The van der Waals surface area contributed by atoms with E-state index in [-0.39, 0.29) is 21.0 Å². The maximum Gasteiger partial charge on any atom is 0.0464 e. The minimum atomic E-state index is 0.0749.